The van der Waals surface area contributed by atoms with Gasteiger partial charge in [-0.25, -0.2) is 4.79 Å². The predicted octanol–water partition coefficient (Wildman–Crippen LogP) is 2.67. The number of ether oxygens (including phenoxy) is 2. The van der Waals surface area contributed by atoms with Gasteiger partial charge >= 0.3 is 5.97 Å². The third-order valence-electron chi connectivity index (χ3n) is 6.23. The molecule has 27 heavy (non-hydrogen) atoms. The van der Waals surface area contributed by atoms with Crippen molar-refractivity contribution in [2.45, 2.75) is 63.6 Å². The molecule has 6 nitrogen and oxygen atoms in total. The number of likely N-dealkylation sites (tertiary alicyclic amines) is 1. The highest BCUT2D eigenvalue weighted by Gasteiger charge is 2.79. The molecule has 6 heteroatoms. The van der Waals surface area contributed by atoms with Crippen molar-refractivity contribution in [2.24, 2.45) is 5.92 Å². The van der Waals surface area contributed by atoms with E-state index in [2.05, 4.69) is 6.92 Å². The third-order valence-corrected chi connectivity index (χ3v) is 6.23. The van der Waals surface area contributed by atoms with Crippen molar-refractivity contribution in [3.63, 3.8) is 0 Å². The van der Waals surface area contributed by atoms with Crippen molar-refractivity contribution in [1.29, 1.82) is 0 Å². The van der Waals surface area contributed by atoms with Crippen LogP contribution in [0.4, 0.5) is 0 Å². The summed E-state index contributed by atoms with van der Waals surface area (Å²) in [6, 6.07) is 7.38. The number of hydrogen-bond donors (Lipinski definition) is 1. The molecule has 1 unspecified atom stereocenters. The van der Waals surface area contributed by atoms with Gasteiger partial charge in [-0.15, -0.1) is 0 Å². The van der Waals surface area contributed by atoms with Gasteiger partial charge in [0, 0.05) is 6.54 Å². The molecular weight excluding hydrogens is 346 g/mol. The summed E-state index contributed by atoms with van der Waals surface area (Å²) in [6.07, 6.45) is 4.88. The van der Waals surface area contributed by atoms with Crippen molar-refractivity contribution < 1.29 is 24.2 Å². The molecule has 1 aromatic rings. The van der Waals surface area contributed by atoms with Crippen LogP contribution in [0.25, 0.3) is 0 Å². The molecule has 0 aliphatic carbocycles. The quantitative estimate of drug-likeness (QED) is 0.530. The van der Waals surface area contributed by atoms with Crippen LogP contribution in [0.1, 0.15) is 51.5 Å². The van der Waals surface area contributed by atoms with Gasteiger partial charge in [-0.3, -0.25) is 4.79 Å². The Hall–Kier alpha value is -2.08. The zero-order chi connectivity index (χ0) is 19.7. The van der Waals surface area contributed by atoms with Crippen molar-refractivity contribution in [3.05, 3.63) is 29.8 Å². The van der Waals surface area contributed by atoms with E-state index in [9.17, 15) is 14.7 Å². The highest BCUT2D eigenvalue weighted by atomic mass is 16.6. The van der Waals surface area contributed by atoms with Crippen LogP contribution < -0.4 is 4.74 Å². The second-order valence-corrected chi connectivity index (χ2v) is 7.69. The summed E-state index contributed by atoms with van der Waals surface area (Å²) in [7, 11) is 1.60. The molecule has 0 spiro atoms. The molecule has 148 valence electrons. The molecule has 0 saturated carbocycles. The summed E-state index contributed by atoms with van der Waals surface area (Å²) >= 11 is 0. The van der Waals surface area contributed by atoms with Crippen LogP contribution in [0.3, 0.4) is 0 Å². The van der Waals surface area contributed by atoms with Crippen molar-refractivity contribution in [3.8, 4) is 5.75 Å². The summed E-state index contributed by atoms with van der Waals surface area (Å²) < 4.78 is 10.7. The largest absolute Gasteiger partial charge is 0.497 e. The molecular formula is C21H29NO5. The number of rotatable bonds is 9. The molecule has 1 aromatic carbocycles. The first-order valence-corrected chi connectivity index (χ1v) is 9.73. The lowest BCUT2D eigenvalue weighted by molar-refractivity contribution is -0.240. The molecule has 1 N–H and O–H groups in total. The summed E-state index contributed by atoms with van der Waals surface area (Å²) in [5.74, 6) is -0.294. The fraction of sp³-hybridized carbons (Fsp3) is 0.619. The maximum absolute atomic E-state index is 13.2. The average Bonchev–Trinajstić information content (AvgIpc) is 2.80. The number of carbonyl (C=O) groups is 2. The lowest BCUT2D eigenvalue weighted by Crippen LogP contribution is -2.76. The van der Waals surface area contributed by atoms with E-state index in [0.29, 0.717) is 6.42 Å². The number of hydrogen-bond acceptors (Lipinski definition) is 5. The molecule has 0 radical (unpaired) electrons. The van der Waals surface area contributed by atoms with Crippen LogP contribution in [0.15, 0.2) is 24.3 Å². The number of aliphatic hydroxyl groups is 1. The average molecular weight is 375 g/mol. The molecule has 2 heterocycles. The topological polar surface area (TPSA) is 76.1 Å². The van der Waals surface area contributed by atoms with Gasteiger partial charge in [-0.2, -0.15) is 0 Å². The molecule has 1 amide bonds. The van der Waals surface area contributed by atoms with Crippen LogP contribution in [-0.4, -0.2) is 46.7 Å². The van der Waals surface area contributed by atoms with Gasteiger partial charge in [0.2, 0.25) is 11.4 Å². The molecule has 0 bridgehead atoms. The van der Waals surface area contributed by atoms with Gasteiger partial charge in [0.1, 0.15) is 5.75 Å². The first-order valence-electron chi connectivity index (χ1n) is 9.73. The van der Waals surface area contributed by atoms with E-state index in [0.717, 1.165) is 37.0 Å². The molecule has 3 rings (SSSR count). The number of esters is 1. The molecule has 3 atom stereocenters. The Morgan fingerprint density at radius 1 is 1.19 bits per heavy atom. The fourth-order valence-electron chi connectivity index (χ4n) is 4.47. The van der Waals surface area contributed by atoms with E-state index in [1.165, 1.54) is 4.90 Å². The van der Waals surface area contributed by atoms with Crippen LogP contribution in [0.2, 0.25) is 0 Å². The third kappa shape index (κ3) is 2.90. The minimum absolute atomic E-state index is 0.107. The molecule has 2 saturated heterocycles. The zero-order valence-corrected chi connectivity index (χ0v) is 16.4. The Morgan fingerprint density at radius 3 is 2.44 bits per heavy atom. The zero-order valence-electron chi connectivity index (χ0n) is 16.4. The Kier molecular flexibility index (Phi) is 5.47. The highest BCUT2D eigenvalue weighted by molar-refractivity contribution is 6.01. The van der Waals surface area contributed by atoms with Crippen LogP contribution in [-0.2, 0) is 20.9 Å². The number of fused-ring (bicyclic) bond motifs is 1. The maximum Gasteiger partial charge on any atom is 0.339 e. The number of aliphatic hydroxyl groups excluding tert-OH is 1. The molecule has 2 fully saturated rings. The van der Waals surface area contributed by atoms with Gasteiger partial charge in [0.15, 0.2) is 5.60 Å². The van der Waals surface area contributed by atoms with Gasteiger partial charge in [0.05, 0.1) is 19.6 Å². The molecule has 2 aliphatic heterocycles. The van der Waals surface area contributed by atoms with E-state index in [1.807, 2.05) is 24.3 Å². The first kappa shape index (κ1) is 19.7. The van der Waals surface area contributed by atoms with Crippen LogP contribution >= 0.6 is 0 Å². The van der Waals surface area contributed by atoms with Crippen molar-refractivity contribution >= 4 is 11.9 Å². The van der Waals surface area contributed by atoms with E-state index in [4.69, 9.17) is 9.47 Å². The number of carbonyl (C=O) groups excluding carboxylic acids is 2. The summed E-state index contributed by atoms with van der Waals surface area (Å²) in [6.45, 7) is 3.78. The summed E-state index contributed by atoms with van der Waals surface area (Å²) in [5, 5.41) is 10.1. The van der Waals surface area contributed by atoms with E-state index in [-0.39, 0.29) is 12.5 Å². The Labute approximate surface area is 160 Å². The SMILES string of the molecule is CCCCCC[C@@H]1C(=O)N(Cc2ccc(OC)cc2)C2(CO)C(=O)O[C@]12C. The van der Waals surface area contributed by atoms with Gasteiger partial charge in [-0.05, 0) is 31.0 Å². The summed E-state index contributed by atoms with van der Waals surface area (Å²) in [5.41, 5.74) is -1.36. The minimum atomic E-state index is -1.28. The number of methoxy groups -OCH3 is 1. The normalized spacial score (nSPS) is 29.3. The van der Waals surface area contributed by atoms with Gasteiger partial charge in [-0.1, -0.05) is 44.7 Å². The monoisotopic (exact) mass is 375 g/mol. The van der Waals surface area contributed by atoms with E-state index >= 15 is 0 Å². The standard InChI is InChI=1S/C21H29NO5/c1-4-5-6-7-8-17-18(24)22(13-15-9-11-16(26-3)12-10-15)21(14-23)19(25)27-20(17,21)2/h9-12,17,23H,4-8,13-14H2,1-3H3/t17-,20-,21?/m1/s1. The van der Waals surface area contributed by atoms with Gasteiger partial charge < -0.3 is 19.5 Å². The van der Waals surface area contributed by atoms with Crippen LogP contribution in [0, 0.1) is 5.92 Å². The number of nitrogens with zero attached hydrogens (tertiary/aromatic N) is 1. The maximum atomic E-state index is 13.2. The van der Waals surface area contributed by atoms with Crippen molar-refractivity contribution in [1.82, 2.24) is 4.90 Å². The smallest absolute Gasteiger partial charge is 0.339 e. The Balaban J connectivity index is 1.84. The Morgan fingerprint density at radius 2 is 1.89 bits per heavy atom. The Bertz CT molecular complexity index is 703. The molecule has 0 aromatic heterocycles. The number of benzene rings is 1. The second-order valence-electron chi connectivity index (χ2n) is 7.69. The summed E-state index contributed by atoms with van der Waals surface area (Å²) in [4.78, 5) is 27.2. The molecule has 2 aliphatic rings. The van der Waals surface area contributed by atoms with Crippen molar-refractivity contribution in [2.75, 3.05) is 13.7 Å². The predicted molar refractivity (Wildman–Crippen MR) is 100 cm³/mol. The number of amides is 1. The van der Waals surface area contributed by atoms with Gasteiger partial charge in [0.25, 0.3) is 0 Å². The lowest BCUT2D eigenvalue weighted by Gasteiger charge is -2.53. The fourth-order valence-corrected chi connectivity index (χ4v) is 4.47. The first-order chi connectivity index (χ1) is 12.9. The van der Waals surface area contributed by atoms with E-state index in [1.54, 1.807) is 14.0 Å². The van der Waals surface area contributed by atoms with Crippen LogP contribution in [0.5, 0.6) is 5.75 Å². The number of unbranched alkanes of at least 4 members (excludes halogenated alkanes) is 3. The van der Waals surface area contributed by atoms with E-state index < -0.39 is 29.6 Å². The lowest BCUT2D eigenvalue weighted by atomic mass is 9.70. The highest BCUT2D eigenvalue weighted by Crippen LogP contribution is 2.55. The minimum Gasteiger partial charge on any atom is -0.497 e. The second kappa shape index (κ2) is 7.50.